The third kappa shape index (κ3) is 3.24. The molecule has 1 N–H and O–H groups in total. The second kappa shape index (κ2) is 6.83. The summed E-state index contributed by atoms with van der Waals surface area (Å²) in [5, 5.41) is 7.04. The average Bonchev–Trinajstić information content (AvgIpc) is 2.79. The van der Waals surface area contributed by atoms with Crippen LogP contribution in [-0.4, -0.2) is 29.9 Å². The molecular weight excluding hydrogens is 350 g/mol. The molecule has 7 heteroatoms. The number of nitrogens with zero attached hydrogens (tertiary/aromatic N) is 2. The zero-order valence-corrected chi connectivity index (χ0v) is 14.5. The van der Waals surface area contributed by atoms with E-state index < -0.39 is 0 Å². The highest BCUT2D eigenvalue weighted by atomic mass is 79.9. The SMILES string of the molecule is COc1ccc(CNC(=O)c2nn(C)c(C)c2Br)cc1OC. The Balaban J connectivity index is 2.09. The van der Waals surface area contributed by atoms with Crippen LogP contribution in [0.15, 0.2) is 22.7 Å². The van der Waals surface area contributed by atoms with Crippen molar-refractivity contribution in [1.82, 2.24) is 15.1 Å². The van der Waals surface area contributed by atoms with Gasteiger partial charge >= 0.3 is 0 Å². The number of rotatable bonds is 5. The first-order valence-corrected chi connectivity index (χ1v) is 7.45. The van der Waals surface area contributed by atoms with Crippen molar-refractivity contribution in [3.8, 4) is 11.5 Å². The van der Waals surface area contributed by atoms with Crippen LogP contribution < -0.4 is 14.8 Å². The van der Waals surface area contributed by atoms with Gasteiger partial charge in [0.2, 0.25) is 0 Å². The van der Waals surface area contributed by atoms with Crippen molar-refractivity contribution < 1.29 is 14.3 Å². The molecule has 0 saturated carbocycles. The molecule has 0 fully saturated rings. The minimum Gasteiger partial charge on any atom is -0.493 e. The van der Waals surface area contributed by atoms with Crippen molar-refractivity contribution in [2.45, 2.75) is 13.5 Å². The van der Waals surface area contributed by atoms with Crippen LogP contribution in [0.3, 0.4) is 0 Å². The number of hydrogen-bond acceptors (Lipinski definition) is 4. The third-order valence-electron chi connectivity index (χ3n) is 3.38. The Labute approximate surface area is 137 Å². The van der Waals surface area contributed by atoms with E-state index in [1.807, 2.05) is 19.1 Å². The fourth-order valence-corrected chi connectivity index (χ4v) is 2.50. The number of amides is 1. The summed E-state index contributed by atoms with van der Waals surface area (Å²) in [5.74, 6) is 1.05. The zero-order valence-electron chi connectivity index (χ0n) is 12.9. The number of hydrogen-bond donors (Lipinski definition) is 1. The number of carbonyl (C=O) groups is 1. The fourth-order valence-electron chi connectivity index (χ4n) is 1.98. The lowest BCUT2D eigenvalue weighted by Gasteiger charge is -2.10. The second-order valence-corrected chi connectivity index (χ2v) is 5.54. The average molecular weight is 368 g/mol. The molecule has 1 aromatic carbocycles. The molecule has 0 unspecified atom stereocenters. The molecular formula is C15H18BrN3O3. The highest BCUT2D eigenvalue weighted by Crippen LogP contribution is 2.27. The van der Waals surface area contributed by atoms with Gasteiger partial charge in [0.05, 0.1) is 24.4 Å². The summed E-state index contributed by atoms with van der Waals surface area (Å²) in [6.07, 6.45) is 0. The first-order valence-electron chi connectivity index (χ1n) is 6.66. The molecule has 0 aliphatic carbocycles. The zero-order chi connectivity index (χ0) is 16.3. The summed E-state index contributed by atoms with van der Waals surface area (Å²) in [7, 11) is 4.96. The Kier molecular flexibility index (Phi) is 5.07. The second-order valence-electron chi connectivity index (χ2n) is 4.74. The quantitative estimate of drug-likeness (QED) is 0.881. The minimum atomic E-state index is -0.231. The lowest BCUT2D eigenvalue weighted by Crippen LogP contribution is -2.23. The molecule has 6 nitrogen and oxygen atoms in total. The van der Waals surface area contributed by atoms with Gasteiger partial charge in [-0.2, -0.15) is 5.10 Å². The van der Waals surface area contributed by atoms with Crippen molar-refractivity contribution in [2.24, 2.45) is 7.05 Å². The maximum Gasteiger partial charge on any atom is 0.273 e. The van der Waals surface area contributed by atoms with Gasteiger partial charge in [-0.25, -0.2) is 0 Å². The van der Waals surface area contributed by atoms with Crippen LogP contribution in [0.25, 0.3) is 0 Å². The Hall–Kier alpha value is -2.02. The van der Waals surface area contributed by atoms with Crippen molar-refractivity contribution in [1.29, 1.82) is 0 Å². The minimum absolute atomic E-state index is 0.231. The van der Waals surface area contributed by atoms with Gasteiger partial charge in [-0.05, 0) is 40.5 Å². The number of methoxy groups -OCH3 is 2. The summed E-state index contributed by atoms with van der Waals surface area (Å²) in [6, 6.07) is 5.51. The summed E-state index contributed by atoms with van der Waals surface area (Å²) in [5.41, 5.74) is 2.19. The van der Waals surface area contributed by atoms with Crippen LogP contribution in [-0.2, 0) is 13.6 Å². The Morgan fingerprint density at radius 1 is 1.32 bits per heavy atom. The summed E-state index contributed by atoms with van der Waals surface area (Å²) in [6.45, 7) is 2.27. The van der Waals surface area contributed by atoms with E-state index in [0.29, 0.717) is 28.2 Å². The van der Waals surface area contributed by atoms with Gasteiger partial charge in [-0.1, -0.05) is 6.07 Å². The summed E-state index contributed by atoms with van der Waals surface area (Å²) < 4.78 is 12.8. The van der Waals surface area contributed by atoms with Gasteiger partial charge in [0, 0.05) is 13.6 Å². The van der Waals surface area contributed by atoms with Gasteiger partial charge in [-0.15, -0.1) is 0 Å². The standard InChI is InChI=1S/C15H18BrN3O3/c1-9-13(16)14(18-19(9)2)15(20)17-8-10-5-6-11(21-3)12(7-10)22-4/h5-7H,8H2,1-4H3,(H,17,20). The van der Waals surface area contributed by atoms with Crippen LogP contribution in [0.4, 0.5) is 0 Å². The molecule has 0 saturated heterocycles. The number of ether oxygens (including phenoxy) is 2. The molecule has 0 aliphatic heterocycles. The molecule has 0 bridgehead atoms. The lowest BCUT2D eigenvalue weighted by atomic mass is 10.2. The molecule has 22 heavy (non-hydrogen) atoms. The van der Waals surface area contributed by atoms with Gasteiger partial charge in [0.25, 0.3) is 5.91 Å². The predicted molar refractivity (Wildman–Crippen MR) is 86.4 cm³/mol. The fraction of sp³-hybridized carbons (Fsp3) is 0.333. The van der Waals surface area contributed by atoms with E-state index in [9.17, 15) is 4.79 Å². The van der Waals surface area contributed by atoms with Gasteiger partial charge in [0.1, 0.15) is 0 Å². The third-order valence-corrected chi connectivity index (χ3v) is 4.33. The maximum absolute atomic E-state index is 12.2. The van der Waals surface area contributed by atoms with Gasteiger partial charge in [-0.3, -0.25) is 9.48 Å². The van der Waals surface area contributed by atoms with Crippen molar-refractivity contribution in [2.75, 3.05) is 14.2 Å². The van der Waals surface area contributed by atoms with Gasteiger partial charge < -0.3 is 14.8 Å². The summed E-state index contributed by atoms with van der Waals surface area (Å²) in [4.78, 5) is 12.2. The first-order chi connectivity index (χ1) is 10.5. The first kappa shape index (κ1) is 16.4. The Morgan fingerprint density at radius 2 is 2.00 bits per heavy atom. The predicted octanol–water partition coefficient (Wildman–Crippen LogP) is 2.44. The lowest BCUT2D eigenvalue weighted by molar-refractivity contribution is 0.0944. The van der Waals surface area contributed by atoms with Crippen LogP contribution in [0.2, 0.25) is 0 Å². The number of aryl methyl sites for hydroxylation is 1. The molecule has 2 aromatic rings. The van der Waals surface area contributed by atoms with Gasteiger partial charge in [0.15, 0.2) is 17.2 Å². The summed E-state index contributed by atoms with van der Waals surface area (Å²) >= 11 is 3.39. The number of benzene rings is 1. The van der Waals surface area contributed by atoms with Crippen molar-refractivity contribution >= 4 is 21.8 Å². The van der Waals surface area contributed by atoms with E-state index in [4.69, 9.17) is 9.47 Å². The van der Waals surface area contributed by atoms with Crippen LogP contribution in [0.1, 0.15) is 21.7 Å². The molecule has 1 amide bonds. The molecule has 1 aromatic heterocycles. The molecule has 118 valence electrons. The smallest absolute Gasteiger partial charge is 0.273 e. The normalized spacial score (nSPS) is 10.4. The number of aromatic nitrogens is 2. The maximum atomic E-state index is 12.2. The molecule has 0 radical (unpaired) electrons. The van der Waals surface area contributed by atoms with E-state index in [0.717, 1.165) is 11.3 Å². The molecule has 0 spiro atoms. The van der Waals surface area contributed by atoms with Crippen molar-refractivity contribution in [3.63, 3.8) is 0 Å². The van der Waals surface area contributed by atoms with E-state index in [-0.39, 0.29) is 5.91 Å². The number of carbonyl (C=O) groups excluding carboxylic acids is 1. The molecule has 1 heterocycles. The van der Waals surface area contributed by atoms with E-state index in [2.05, 4.69) is 26.3 Å². The molecule has 0 aliphatic rings. The Morgan fingerprint density at radius 3 is 2.55 bits per heavy atom. The van der Waals surface area contributed by atoms with Crippen LogP contribution in [0.5, 0.6) is 11.5 Å². The number of halogens is 1. The monoisotopic (exact) mass is 367 g/mol. The molecule has 0 atom stereocenters. The van der Waals surface area contributed by atoms with E-state index in [1.54, 1.807) is 32.0 Å². The highest BCUT2D eigenvalue weighted by molar-refractivity contribution is 9.10. The highest BCUT2D eigenvalue weighted by Gasteiger charge is 2.17. The van der Waals surface area contributed by atoms with Crippen LogP contribution >= 0.6 is 15.9 Å². The topological polar surface area (TPSA) is 65.4 Å². The Bertz CT molecular complexity index is 698. The van der Waals surface area contributed by atoms with Crippen molar-refractivity contribution in [3.05, 3.63) is 39.6 Å². The van der Waals surface area contributed by atoms with Crippen LogP contribution in [0, 0.1) is 6.92 Å². The molecule has 2 rings (SSSR count). The van der Waals surface area contributed by atoms with E-state index in [1.165, 1.54) is 0 Å². The number of nitrogens with one attached hydrogen (secondary N) is 1. The largest absolute Gasteiger partial charge is 0.493 e. The van der Waals surface area contributed by atoms with E-state index >= 15 is 0 Å².